The van der Waals surface area contributed by atoms with Crippen molar-refractivity contribution in [1.29, 1.82) is 0 Å². The number of hydrogen-bond acceptors (Lipinski definition) is 5. The maximum Gasteiger partial charge on any atom is 0.229 e. The molecule has 2 aliphatic rings. The smallest absolute Gasteiger partial charge is 0.229 e. The fourth-order valence-corrected chi connectivity index (χ4v) is 3.43. The van der Waals surface area contributed by atoms with Crippen molar-refractivity contribution < 1.29 is 18.8 Å². The van der Waals surface area contributed by atoms with Gasteiger partial charge < -0.3 is 19.3 Å². The third kappa shape index (κ3) is 3.45. The van der Waals surface area contributed by atoms with Crippen molar-refractivity contribution >= 4 is 17.5 Å². The molecule has 1 aliphatic heterocycles. The van der Waals surface area contributed by atoms with E-state index < -0.39 is 0 Å². The summed E-state index contributed by atoms with van der Waals surface area (Å²) in [6.45, 7) is 3.18. The summed E-state index contributed by atoms with van der Waals surface area (Å²) < 4.78 is 16.3. The van der Waals surface area contributed by atoms with E-state index in [2.05, 4.69) is 10.5 Å². The molecule has 1 saturated heterocycles. The predicted molar refractivity (Wildman–Crippen MR) is 79.6 cm³/mol. The van der Waals surface area contributed by atoms with Crippen LogP contribution in [0, 0.1) is 6.92 Å². The van der Waals surface area contributed by atoms with E-state index >= 15 is 0 Å². The summed E-state index contributed by atoms with van der Waals surface area (Å²) in [7, 11) is 0. The SMILES string of the molecule is Cc1noc(Cl)c1CCC(=O)NC1CCC2(CC1)OCCO2. The third-order valence-corrected chi connectivity index (χ3v) is 4.76. The summed E-state index contributed by atoms with van der Waals surface area (Å²) in [5, 5.41) is 7.14. The minimum atomic E-state index is -0.381. The first-order chi connectivity index (χ1) is 10.6. The Bertz CT molecular complexity index is 510. The van der Waals surface area contributed by atoms with E-state index in [0.29, 0.717) is 26.1 Å². The third-order valence-electron chi connectivity index (χ3n) is 4.46. The molecule has 1 spiro atoms. The van der Waals surface area contributed by atoms with Crippen LogP contribution in [-0.2, 0) is 20.7 Å². The zero-order valence-corrected chi connectivity index (χ0v) is 13.4. The molecule has 0 atom stereocenters. The summed E-state index contributed by atoms with van der Waals surface area (Å²) in [6, 6.07) is 0.199. The maximum absolute atomic E-state index is 12.1. The van der Waals surface area contributed by atoms with Gasteiger partial charge >= 0.3 is 0 Å². The van der Waals surface area contributed by atoms with Gasteiger partial charge in [-0.15, -0.1) is 0 Å². The number of amides is 1. The van der Waals surface area contributed by atoms with Crippen LogP contribution in [0.5, 0.6) is 0 Å². The van der Waals surface area contributed by atoms with Gasteiger partial charge in [-0.2, -0.15) is 0 Å². The van der Waals surface area contributed by atoms with Gasteiger partial charge in [-0.05, 0) is 37.8 Å². The first kappa shape index (κ1) is 15.8. The van der Waals surface area contributed by atoms with Crippen LogP contribution in [0.2, 0.25) is 5.22 Å². The van der Waals surface area contributed by atoms with Crippen LogP contribution < -0.4 is 5.32 Å². The van der Waals surface area contributed by atoms with Crippen LogP contribution in [0.25, 0.3) is 0 Å². The van der Waals surface area contributed by atoms with Crippen LogP contribution in [0.4, 0.5) is 0 Å². The quantitative estimate of drug-likeness (QED) is 0.918. The van der Waals surface area contributed by atoms with Gasteiger partial charge in [-0.1, -0.05) is 5.16 Å². The van der Waals surface area contributed by atoms with Gasteiger partial charge in [0, 0.05) is 30.9 Å². The summed E-state index contributed by atoms with van der Waals surface area (Å²) >= 11 is 5.90. The summed E-state index contributed by atoms with van der Waals surface area (Å²) in [5.41, 5.74) is 1.56. The average molecular weight is 329 g/mol. The molecule has 1 aromatic rings. The zero-order chi connectivity index (χ0) is 15.6. The van der Waals surface area contributed by atoms with Crippen molar-refractivity contribution in [3.8, 4) is 0 Å². The van der Waals surface area contributed by atoms with Gasteiger partial charge in [0.25, 0.3) is 0 Å². The number of rotatable bonds is 4. The minimum absolute atomic E-state index is 0.0332. The molecule has 0 unspecified atom stereocenters. The van der Waals surface area contributed by atoms with Gasteiger partial charge in [-0.3, -0.25) is 4.79 Å². The molecule has 0 radical (unpaired) electrons. The van der Waals surface area contributed by atoms with Crippen LogP contribution in [0.3, 0.4) is 0 Å². The molecule has 122 valence electrons. The molecule has 1 saturated carbocycles. The molecule has 2 fully saturated rings. The standard InChI is InChI=1S/C15H21ClN2O4/c1-10-12(14(16)22-18-10)2-3-13(19)17-11-4-6-15(7-5-11)20-8-9-21-15/h11H,2-9H2,1H3,(H,17,19). The molecular formula is C15H21ClN2O4. The highest BCUT2D eigenvalue weighted by Crippen LogP contribution is 2.35. The Hall–Kier alpha value is -1.11. The van der Waals surface area contributed by atoms with E-state index in [1.54, 1.807) is 0 Å². The van der Waals surface area contributed by atoms with Gasteiger partial charge in [0.2, 0.25) is 11.1 Å². The lowest BCUT2D eigenvalue weighted by atomic mass is 9.90. The van der Waals surface area contributed by atoms with Crippen molar-refractivity contribution in [3.05, 3.63) is 16.5 Å². The molecule has 2 heterocycles. The monoisotopic (exact) mass is 328 g/mol. The van der Waals surface area contributed by atoms with Crippen LogP contribution in [-0.4, -0.2) is 36.1 Å². The molecule has 7 heteroatoms. The molecule has 3 rings (SSSR count). The van der Waals surface area contributed by atoms with Crippen molar-refractivity contribution in [2.75, 3.05) is 13.2 Å². The van der Waals surface area contributed by atoms with E-state index in [1.807, 2.05) is 6.92 Å². The van der Waals surface area contributed by atoms with Crippen LogP contribution >= 0.6 is 11.6 Å². The number of nitrogens with one attached hydrogen (secondary N) is 1. The number of halogens is 1. The van der Waals surface area contributed by atoms with Crippen molar-refractivity contribution in [1.82, 2.24) is 10.5 Å². The number of aryl methyl sites for hydroxylation is 1. The fraction of sp³-hybridized carbons (Fsp3) is 0.733. The summed E-state index contributed by atoms with van der Waals surface area (Å²) in [6.07, 6.45) is 4.39. The van der Waals surface area contributed by atoms with E-state index in [-0.39, 0.29) is 23.0 Å². The Morgan fingerprint density at radius 3 is 2.64 bits per heavy atom. The Kier molecular flexibility index (Phi) is 4.70. The zero-order valence-electron chi connectivity index (χ0n) is 12.7. The first-order valence-electron chi connectivity index (χ1n) is 7.76. The summed E-state index contributed by atoms with van der Waals surface area (Å²) in [5.74, 6) is -0.347. The van der Waals surface area contributed by atoms with E-state index in [4.69, 9.17) is 25.6 Å². The van der Waals surface area contributed by atoms with Gasteiger partial charge in [0.05, 0.1) is 18.9 Å². The van der Waals surface area contributed by atoms with Crippen LogP contribution in [0.15, 0.2) is 4.52 Å². The Balaban J connectivity index is 1.43. The number of ether oxygens (including phenoxy) is 2. The average Bonchev–Trinajstić information content (AvgIpc) is 3.08. The molecular weight excluding hydrogens is 308 g/mol. The van der Waals surface area contributed by atoms with Crippen LogP contribution in [0.1, 0.15) is 43.4 Å². The van der Waals surface area contributed by atoms with E-state index in [9.17, 15) is 4.79 Å². The molecule has 6 nitrogen and oxygen atoms in total. The molecule has 0 aromatic carbocycles. The van der Waals surface area contributed by atoms with Crippen molar-refractivity contribution in [3.63, 3.8) is 0 Å². The Morgan fingerprint density at radius 2 is 2.05 bits per heavy atom. The molecule has 0 bridgehead atoms. The number of carbonyl (C=O) groups excluding carboxylic acids is 1. The Morgan fingerprint density at radius 1 is 1.36 bits per heavy atom. The highest BCUT2D eigenvalue weighted by molar-refractivity contribution is 6.29. The van der Waals surface area contributed by atoms with E-state index in [1.165, 1.54) is 0 Å². The highest BCUT2D eigenvalue weighted by atomic mass is 35.5. The second kappa shape index (κ2) is 6.56. The number of carbonyl (C=O) groups is 1. The lowest BCUT2D eigenvalue weighted by molar-refractivity contribution is -0.180. The molecule has 1 aliphatic carbocycles. The second-order valence-corrected chi connectivity index (χ2v) is 6.31. The van der Waals surface area contributed by atoms with Crippen molar-refractivity contribution in [2.45, 2.75) is 57.3 Å². The van der Waals surface area contributed by atoms with Crippen molar-refractivity contribution in [2.24, 2.45) is 0 Å². The number of aromatic nitrogens is 1. The predicted octanol–water partition coefficient (Wildman–Crippen LogP) is 2.37. The lowest BCUT2D eigenvalue weighted by Gasteiger charge is -2.35. The largest absolute Gasteiger partial charge is 0.353 e. The summed E-state index contributed by atoms with van der Waals surface area (Å²) in [4.78, 5) is 12.1. The van der Waals surface area contributed by atoms with E-state index in [0.717, 1.165) is 36.9 Å². The Labute approximate surface area is 134 Å². The topological polar surface area (TPSA) is 73.6 Å². The number of nitrogens with zero attached hydrogens (tertiary/aromatic N) is 1. The normalized spacial score (nSPS) is 21.4. The van der Waals surface area contributed by atoms with Gasteiger partial charge in [-0.25, -0.2) is 0 Å². The molecule has 22 heavy (non-hydrogen) atoms. The molecule has 1 aromatic heterocycles. The molecule has 1 amide bonds. The molecule has 1 N–H and O–H groups in total. The van der Waals surface area contributed by atoms with Gasteiger partial charge in [0.15, 0.2) is 5.79 Å². The first-order valence-corrected chi connectivity index (χ1v) is 8.14. The number of hydrogen-bond donors (Lipinski definition) is 1. The second-order valence-electron chi connectivity index (χ2n) is 5.97. The van der Waals surface area contributed by atoms with Gasteiger partial charge in [0.1, 0.15) is 0 Å². The maximum atomic E-state index is 12.1. The fourth-order valence-electron chi connectivity index (χ4n) is 3.17. The minimum Gasteiger partial charge on any atom is -0.353 e. The highest BCUT2D eigenvalue weighted by Gasteiger charge is 2.40. The lowest BCUT2D eigenvalue weighted by Crippen LogP contribution is -2.44.